The number of aryl methyl sites for hydroxylation is 2. The van der Waals surface area contributed by atoms with Gasteiger partial charge in [0.1, 0.15) is 5.82 Å². The Morgan fingerprint density at radius 2 is 1.35 bits per heavy atom. The van der Waals surface area contributed by atoms with Crippen LogP contribution in [0.4, 0.5) is 4.39 Å². The van der Waals surface area contributed by atoms with E-state index in [0.717, 1.165) is 23.1 Å². The Labute approximate surface area is 156 Å². The van der Waals surface area contributed by atoms with Crippen LogP contribution in [0.3, 0.4) is 0 Å². The fourth-order valence-electron chi connectivity index (χ4n) is 3.28. The first-order chi connectivity index (χ1) is 12.7. The molecular formula is C25H27F. The van der Waals surface area contributed by atoms with Gasteiger partial charge in [0.05, 0.1) is 0 Å². The van der Waals surface area contributed by atoms with Gasteiger partial charge < -0.3 is 0 Å². The Balaban J connectivity index is 1.74. The number of hydrogen-bond donors (Lipinski definition) is 0. The molecule has 0 aliphatic rings. The van der Waals surface area contributed by atoms with Crippen molar-refractivity contribution in [1.29, 1.82) is 0 Å². The highest BCUT2D eigenvalue weighted by Crippen LogP contribution is 2.28. The van der Waals surface area contributed by atoms with Crippen LogP contribution >= 0.6 is 0 Å². The predicted molar refractivity (Wildman–Crippen MR) is 110 cm³/mol. The van der Waals surface area contributed by atoms with Gasteiger partial charge in [-0.15, -0.1) is 0 Å². The molecule has 3 aromatic rings. The maximum absolute atomic E-state index is 14.7. The predicted octanol–water partition coefficient (Wildman–Crippen LogP) is 7.59. The lowest BCUT2D eigenvalue weighted by Crippen LogP contribution is -1.89. The second kappa shape index (κ2) is 8.80. The highest BCUT2D eigenvalue weighted by molar-refractivity contribution is 5.71. The summed E-state index contributed by atoms with van der Waals surface area (Å²) in [6, 6.07) is 22.1. The van der Waals surface area contributed by atoms with Crippen LogP contribution in [0.1, 0.15) is 43.7 Å². The van der Waals surface area contributed by atoms with Gasteiger partial charge in [-0.05, 0) is 48.1 Å². The molecule has 0 amide bonds. The van der Waals surface area contributed by atoms with E-state index in [1.54, 1.807) is 6.07 Å². The number of rotatable bonds is 7. The smallest absolute Gasteiger partial charge is 0.131 e. The van der Waals surface area contributed by atoms with Crippen molar-refractivity contribution in [3.63, 3.8) is 0 Å². The third-order valence-corrected chi connectivity index (χ3v) is 4.94. The van der Waals surface area contributed by atoms with Gasteiger partial charge in [-0.25, -0.2) is 4.39 Å². The summed E-state index contributed by atoms with van der Waals surface area (Å²) in [7, 11) is 0. The number of unbranched alkanes of at least 4 members (excludes halogenated alkanes) is 3. The third kappa shape index (κ3) is 4.60. The Bertz CT molecular complexity index is 829. The van der Waals surface area contributed by atoms with Crippen LogP contribution in [-0.4, -0.2) is 0 Å². The standard InChI is InChI=1S/C25H27F/c1-3-4-5-6-7-20-10-14-22(15-11-20)24-17-16-23(18-25(24)26)21-12-8-19(2)9-13-21/h8-18H,3-7H2,1-2H3. The van der Waals surface area contributed by atoms with Gasteiger partial charge in [0.25, 0.3) is 0 Å². The molecule has 0 aliphatic carbocycles. The van der Waals surface area contributed by atoms with Crippen LogP contribution < -0.4 is 0 Å². The summed E-state index contributed by atoms with van der Waals surface area (Å²) in [6.45, 7) is 4.29. The second-order valence-electron chi connectivity index (χ2n) is 7.07. The van der Waals surface area contributed by atoms with Crippen molar-refractivity contribution in [2.45, 2.75) is 46.0 Å². The third-order valence-electron chi connectivity index (χ3n) is 4.94. The molecule has 0 nitrogen and oxygen atoms in total. The molecule has 0 spiro atoms. The van der Waals surface area contributed by atoms with Crippen molar-refractivity contribution in [3.05, 3.63) is 83.7 Å². The normalized spacial score (nSPS) is 10.9. The van der Waals surface area contributed by atoms with E-state index in [-0.39, 0.29) is 5.82 Å². The van der Waals surface area contributed by atoms with Crippen LogP contribution in [0.25, 0.3) is 22.3 Å². The fourth-order valence-corrected chi connectivity index (χ4v) is 3.28. The molecule has 1 heteroatoms. The lowest BCUT2D eigenvalue weighted by Gasteiger charge is -2.08. The summed E-state index contributed by atoms with van der Waals surface area (Å²) in [5.74, 6) is -0.168. The largest absolute Gasteiger partial charge is 0.206 e. The minimum Gasteiger partial charge on any atom is -0.206 e. The Hall–Kier alpha value is -2.41. The molecule has 0 fully saturated rings. The van der Waals surface area contributed by atoms with Gasteiger partial charge in [-0.2, -0.15) is 0 Å². The van der Waals surface area contributed by atoms with E-state index < -0.39 is 0 Å². The summed E-state index contributed by atoms with van der Waals surface area (Å²) in [5.41, 5.74) is 6.11. The van der Waals surface area contributed by atoms with E-state index >= 15 is 0 Å². The summed E-state index contributed by atoms with van der Waals surface area (Å²) >= 11 is 0. The molecule has 0 aliphatic heterocycles. The van der Waals surface area contributed by atoms with E-state index in [9.17, 15) is 4.39 Å². The van der Waals surface area contributed by atoms with E-state index in [1.165, 1.54) is 36.8 Å². The van der Waals surface area contributed by atoms with Gasteiger partial charge in [0.15, 0.2) is 0 Å². The van der Waals surface area contributed by atoms with E-state index in [1.807, 2.05) is 36.4 Å². The maximum atomic E-state index is 14.7. The van der Waals surface area contributed by atoms with Crippen molar-refractivity contribution < 1.29 is 4.39 Å². The molecule has 0 saturated carbocycles. The highest BCUT2D eigenvalue weighted by atomic mass is 19.1. The first kappa shape index (κ1) is 18.4. The number of hydrogen-bond acceptors (Lipinski definition) is 0. The van der Waals surface area contributed by atoms with Crippen molar-refractivity contribution in [1.82, 2.24) is 0 Å². The Morgan fingerprint density at radius 3 is 2.00 bits per heavy atom. The van der Waals surface area contributed by atoms with Gasteiger partial charge in [-0.3, -0.25) is 0 Å². The Morgan fingerprint density at radius 1 is 0.692 bits per heavy atom. The summed E-state index contributed by atoms with van der Waals surface area (Å²) in [5, 5.41) is 0. The lowest BCUT2D eigenvalue weighted by molar-refractivity contribution is 0.632. The summed E-state index contributed by atoms with van der Waals surface area (Å²) in [6.07, 6.45) is 6.18. The first-order valence-electron chi connectivity index (χ1n) is 9.63. The van der Waals surface area contributed by atoms with Crippen molar-refractivity contribution in [2.24, 2.45) is 0 Å². The van der Waals surface area contributed by atoms with Gasteiger partial charge in [-0.1, -0.05) is 92.4 Å². The Kier molecular flexibility index (Phi) is 6.22. The van der Waals surface area contributed by atoms with Crippen LogP contribution in [-0.2, 0) is 6.42 Å². The minimum atomic E-state index is -0.168. The number of halogens is 1. The lowest BCUT2D eigenvalue weighted by atomic mass is 9.97. The molecule has 3 aromatic carbocycles. The quantitative estimate of drug-likeness (QED) is 0.386. The van der Waals surface area contributed by atoms with Crippen molar-refractivity contribution in [2.75, 3.05) is 0 Å². The van der Waals surface area contributed by atoms with E-state index in [2.05, 4.69) is 38.1 Å². The average Bonchev–Trinajstić information content (AvgIpc) is 2.66. The van der Waals surface area contributed by atoms with Crippen molar-refractivity contribution in [3.8, 4) is 22.3 Å². The fraction of sp³-hybridized carbons (Fsp3) is 0.280. The number of benzene rings is 3. The highest BCUT2D eigenvalue weighted by Gasteiger charge is 2.08. The molecule has 0 unspecified atom stereocenters. The minimum absolute atomic E-state index is 0.168. The molecule has 0 aromatic heterocycles. The molecule has 0 atom stereocenters. The van der Waals surface area contributed by atoms with E-state index in [0.29, 0.717) is 5.56 Å². The monoisotopic (exact) mass is 346 g/mol. The topological polar surface area (TPSA) is 0 Å². The van der Waals surface area contributed by atoms with Gasteiger partial charge in [0, 0.05) is 5.56 Å². The van der Waals surface area contributed by atoms with Crippen LogP contribution in [0.5, 0.6) is 0 Å². The summed E-state index contributed by atoms with van der Waals surface area (Å²) < 4.78 is 14.7. The molecule has 0 N–H and O–H groups in total. The maximum Gasteiger partial charge on any atom is 0.131 e. The SMILES string of the molecule is CCCCCCc1ccc(-c2ccc(-c3ccc(C)cc3)cc2F)cc1. The zero-order valence-electron chi connectivity index (χ0n) is 15.8. The molecule has 26 heavy (non-hydrogen) atoms. The molecule has 0 radical (unpaired) electrons. The van der Waals surface area contributed by atoms with E-state index in [4.69, 9.17) is 0 Å². The average molecular weight is 346 g/mol. The van der Waals surface area contributed by atoms with Crippen molar-refractivity contribution >= 4 is 0 Å². The summed E-state index contributed by atoms with van der Waals surface area (Å²) in [4.78, 5) is 0. The molecule has 134 valence electrons. The molecular weight excluding hydrogens is 319 g/mol. The molecule has 0 bridgehead atoms. The zero-order valence-corrected chi connectivity index (χ0v) is 15.8. The van der Waals surface area contributed by atoms with Gasteiger partial charge in [0.2, 0.25) is 0 Å². The molecule has 3 rings (SSSR count). The van der Waals surface area contributed by atoms with Crippen LogP contribution in [0.2, 0.25) is 0 Å². The first-order valence-corrected chi connectivity index (χ1v) is 9.63. The van der Waals surface area contributed by atoms with Crippen LogP contribution in [0, 0.1) is 12.7 Å². The van der Waals surface area contributed by atoms with Gasteiger partial charge >= 0.3 is 0 Å². The van der Waals surface area contributed by atoms with Crippen LogP contribution in [0.15, 0.2) is 66.7 Å². The zero-order chi connectivity index (χ0) is 18.4. The molecule has 0 saturated heterocycles. The second-order valence-corrected chi connectivity index (χ2v) is 7.07. The molecule has 0 heterocycles.